The van der Waals surface area contributed by atoms with Gasteiger partial charge in [0.05, 0.1) is 11.3 Å². The van der Waals surface area contributed by atoms with Crippen LogP contribution < -0.4 is 16.0 Å². The number of hydrogen-bond acceptors (Lipinski definition) is 5. The first-order valence-electron chi connectivity index (χ1n) is 10.00. The maximum Gasteiger partial charge on any atom is 0.255 e. The molecular formula is C22H22FN5O. The van der Waals surface area contributed by atoms with Crippen LogP contribution in [0.2, 0.25) is 0 Å². The maximum atomic E-state index is 14.0. The van der Waals surface area contributed by atoms with Crippen LogP contribution in [0.25, 0.3) is 11.1 Å². The first kappa shape index (κ1) is 18.1. The third-order valence-corrected chi connectivity index (χ3v) is 6.47. The molecule has 1 aromatic heterocycles. The lowest BCUT2D eigenvalue weighted by Crippen LogP contribution is -2.68. The van der Waals surface area contributed by atoms with Crippen LogP contribution in [0.1, 0.15) is 41.7 Å². The van der Waals surface area contributed by atoms with Gasteiger partial charge in [0.25, 0.3) is 5.91 Å². The molecule has 148 valence electrons. The van der Waals surface area contributed by atoms with Gasteiger partial charge in [-0.2, -0.15) is 5.26 Å². The lowest BCUT2D eigenvalue weighted by atomic mass is 9.50. The summed E-state index contributed by atoms with van der Waals surface area (Å²) < 4.78 is 14.0. The highest BCUT2D eigenvalue weighted by molar-refractivity contribution is 6.04. The van der Waals surface area contributed by atoms with Crippen LogP contribution in [-0.2, 0) is 0 Å². The van der Waals surface area contributed by atoms with Gasteiger partial charge < -0.3 is 16.0 Å². The second-order valence-electron chi connectivity index (χ2n) is 8.57. The molecule has 1 saturated heterocycles. The molecule has 29 heavy (non-hydrogen) atoms. The standard InChI is InChI=1S/C22H22FN5O/c23-15-3-1-2-14(6-15)19-18(10-24)26-11-17(20(19)28-5-4-16(25)12-28)21(29)27-22-7-13(8-22)9-22/h1-3,6,11,13,16H,4-5,7-9,12,25H2,(H,27,29)/t13?,16-,22?/m0/s1. The van der Waals surface area contributed by atoms with E-state index in [1.165, 1.54) is 18.3 Å². The maximum absolute atomic E-state index is 14.0. The minimum absolute atomic E-state index is 0.0115. The first-order chi connectivity index (χ1) is 14.0. The largest absolute Gasteiger partial charge is 0.369 e. The Morgan fingerprint density at radius 3 is 2.76 bits per heavy atom. The van der Waals surface area contributed by atoms with Gasteiger partial charge in [0, 0.05) is 36.4 Å². The zero-order chi connectivity index (χ0) is 20.2. The van der Waals surface area contributed by atoms with E-state index in [4.69, 9.17) is 5.73 Å². The van der Waals surface area contributed by atoms with Crippen LogP contribution >= 0.6 is 0 Å². The summed E-state index contributed by atoms with van der Waals surface area (Å²) in [6.45, 7) is 1.25. The van der Waals surface area contributed by atoms with E-state index in [0.717, 1.165) is 31.6 Å². The molecule has 1 atom stereocenters. The zero-order valence-corrected chi connectivity index (χ0v) is 16.0. The van der Waals surface area contributed by atoms with E-state index in [-0.39, 0.29) is 23.2 Å². The number of amides is 1. The molecule has 4 fully saturated rings. The highest BCUT2D eigenvalue weighted by atomic mass is 19.1. The van der Waals surface area contributed by atoms with Crippen molar-refractivity contribution in [3.8, 4) is 17.2 Å². The van der Waals surface area contributed by atoms with Gasteiger partial charge >= 0.3 is 0 Å². The van der Waals surface area contributed by atoms with E-state index in [9.17, 15) is 14.4 Å². The van der Waals surface area contributed by atoms with Gasteiger partial charge in [-0.3, -0.25) is 4.79 Å². The smallest absolute Gasteiger partial charge is 0.255 e. The highest BCUT2D eigenvalue weighted by Gasteiger charge is 2.57. The highest BCUT2D eigenvalue weighted by Crippen LogP contribution is 2.57. The van der Waals surface area contributed by atoms with Gasteiger partial charge in [0.1, 0.15) is 17.6 Å². The molecule has 6 nitrogen and oxygen atoms in total. The fourth-order valence-corrected chi connectivity index (χ4v) is 4.93. The Morgan fingerprint density at radius 1 is 1.38 bits per heavy atom. The summed E-state index contributed by atoms with van der Waals surface area (Å²) in [5.74, 6) is 0.153. The molecular weight excluding hydrogens is 369 g/mol. The molecule has 1 amide bonds. The molecule has 3 aliphatic carbocycles. The fourth-order valence-electron chi connectivity index (χ4n) is 4.93. The van der Waals surface area contributed by atoms with Gasteiger partial charge in [-0.05, 0) is 49.3 Å². The number of nitrogens with one attached hydrogen (secondary N) is 1. The number of halogens is 1. The Hall–Kier alpha value is -2.98. The van der Waals surface area contributed by atoms with Crippen LogP contribution in [0.5, 0.6) is 0 Å². The van der Waals surface area contributed by atoms with Crippen molar-refractivity contribution in [3.63, 3.8) is 0 Å². The van der Waals surface area contributed by atoms with E-state index in [1.54, 1.807) is 12.1 Å². The van der Waals surface area contributed by atoms with Crippen molar-refractivity contribution in [1.82, 2.24) is 10.3 Å². The summed E-state index contributed by atoms with van der Waals surface area (Å²) in [6, 6.07) is 8.17. The Kier molecular flexibility index (Phi) is 4.07. The van der Waals surface area contributed by atoms with Crippen molar-refractivity contribution < 1.29 is 9.18 Å². The minimum Gasteiger partial charge on any atom is -0.369 e. The van der Waals surface area contributed by atoms with E-state index >= 15 is 0 Å². The first-order valence-corrected chi connectivity index (χ1v) is 10.00. The number of pyridine rings is 1. The molecule has 7 heteroatoms. The van der Waals surface area contributed by atoms with Gasteiger partial charge in [0.2, 0.25) is 0 Å². The van der Waals surface area contributed by atoms with Crippen molar-refractivity contribution in [2.24, 2.45) is 11.7 Å². The van der Waals surface area contributed by atoms with E-state index in [0.29, 0.717) is 35.5 Å². The van der Waals surface area contributed by atoms with E-state index in [2.05, 4.69) is 16.4 Å². The molecule has 1 aromatic carbocycles. The Bertz CT molecular complexity index is 1030. The van der Waals surface area contributed by atoms with Crippen molar-refractivity contribution >= 4 is 11.6 Å². The van der Waals surface area contributed by atoms with E-state index < -0.39 is 5.82 Å². The monoisotopic (exact) mass is 391 g/mol. The third kappa shape index (κ3) is 2.95. The second kappa shape index (κ2) is 6.53. The summed E-state index contributed by atoms with van der Waals surface area (Å²) in [5.41, 5.74) is 8.29. The molecule has 1 aliphatic heterocycles. The minimum atomic E-state index is -0.404. The van der Waals surface area contributed by atoms with Gasteiger partial charge in [-0.15, -0.1) is 0 Å². The molecule has 4 aliphatic rings. The quantitative estimate of drug-likeness (QED) is 0.835. The van der Waals surface area contributed by atoms with Crippen molar-refractivity contribution in [2.75, 3.05) is 18.0 Å². The van der Waals surface area contributed by atoms with Crippen LogP contribution in [-0.4, -0.2) is 35.6 Å². The zero-order valence-electron chi connectivity index (χ0n) is 16.0. The Labute approximate surface area is 168 Å². The fraction of sp³-hybridized carbons (Fsp3) is 0.409. The van der Waals surface area contributed by atoms with Gasteiger partial charge in [-0.25, -0.2) is 9.37 Å². The number of nitrogens with zero attached hydrogens (tertiary/aromatic N) is 3. The van der Waals surface area contributed by atoms with Crippen LogP contribution in [0.3, 0.4) is 0 Å². The number of nitriles is 1. The number of carbonyl (C=O) groups excluding carboxylic acids is 1. The lowest BCUT2D eigenvalue weighted by Gasteiger charge is -2.61. The van der Waals surface area contributed by atoms with Crippen molar-refractivity contribution in [3.05, 3.63) is 47.5 Å². The van der Waals surface area contributed by atoms with Gasteiger partial charge in [0.15, 0.2) is 0 Å². The Morgan fingerprint density at radius 2 is 2.17 bits per heavy atom. The summed E-state index contributed by atoms with van der Waals surface area (Å²) >= 11 is 0. The van der Waals surface area contributed by atoms with Crippen LogP contribution in [0, 0.1) is 23.1 Å². The molecule has 0 spiro atoms. The number of carbonyl (C=O) groups is 1. The summed E-state index contributed by atoms with van der Waals surface area (Å²) in [5, 5.41) is 12.9. The predicted octanol–water partition coefficient (Wildman–Crippen LogP) is 2.58. The number of aromatic nitrogens is 1. The SMILES string of the molecule is N#Cc1ncc(C(=O)NC23CC(C2)C3)c(N2CC[C@H](N)C2)c1-c1cccc(F)c1. The number of anilines is 1. The number of benzene rings is 1. The molecule has 0 radical (unpaired) electrons. The molecule has 2 bridgehead atoms. The normalized spacial score (nSPS) is 27.0. The molecule has 3 saturated carbocycles. The summed E-state index contributed by atoms with van der Waals surface area (Å²) in [7, 11) is 0. The molecule has 2 heterocycles. The number of rotatable bonds is 4. The van der Waals surface area contributed by atoms with Crippen molar-refractivity contribution in [1.29, 1.82) is 5.26 Å². The topological polar surface area (TPSA) is 95.0 Å². The molecule has 0 unspecified atom stereocenters. The molecule has 3 N–H and O–H groups in total. The summed E-state index contributed by atoms with van der Waals surface area (Å²) in [4.78, 5) is 19.5. The lowest BCUT2D eigenvalue weighted by molar-refractivity contribution is -0.0438. The second-order valence-corrected chi connectivity index (χ2v) is 8.57. The average Bonchev–Trinajstić information content (AvgIpc) is 3.08. The van der Waals surface area contributed by atoms with Crippen molar-refractivity contribution in [2.45, 2.75) is 37.3 Å². The average molecular weight is 391 g/mol. The predicted molar refractivity (Wildman–Crippen MR) is 107 cm³/mol. The third-order valence-electron chi connectivity index (χ3n) is 6.47. The van der Waals surface area contributed by atoms with E-state index in [1.807, 2.05) is 4.90 Å². The number of hydrogen-bond donors (Lipinski definition) is 2. The summed E-state index contributed by atoms with van der Waals surface area (Å²) in [6.07, 6.45) is 5.36. The van der Waals surface area contributed by atoms with Gasteiger partial charge in [-0.1, -0.05) is 12.1 Å². The Balaban J connectivity index is 1.65. The number of nitrogens with two attached hydrogens (primary N) is 1. The van der Waals surface area contributed by atoms with Crippen LogP contribution in [0.4, 0.5) is 10.1 Å². The van der Waals surface area contributed by atoms with Crippen LogP contribution in [0.15, 0.2) is 30.5 Å². The molecule has 6 rings (SSSR count). The molecule has 2 aromatic rings.